The molecule has 0 spiro atoms. The van der Waals surface area contributed by atoms with Crippen LogP contribution in [0.1, 0.15) is 56.6 Å². The minimum atomic E-state index is 0.964. The lowest BCUT2D eigenvalue weighted by Gasteiger charge is -2.11. The summed E-state index contributed by atoms with van der Waals surface area (Å²) in [6.45, 7) is 7.45. The first-order valence-corrected chi connectivity index (χ1v) is 10.3. The third kappa shape index (κ3) is 5.06. The van der Waals surface area contributed by atoms with Crippen molar-refractivity contribution < 1.29 is 0 Å². The smallest absolute Gasteiger partial charge is 0.164 e. The van der Waals surface area contributed by atoms with E-state index in [0.717, 1.165) is 29.3 Å². The second-order valence-electron chi connectivity index (χ2n) is 7.50. The lowest BCUT2D eigenvalue weighted by atomic mass is 10.1. The number of nitrogens with zero attached hydrogens (tertiary/aromatic N) is 3. The highest BCUT2D eigenvalue weighted by atomic mass is 15.3. The van der Waals surface area contributed by atoms with Crippen molar-refractivity contribution in [3.8, 4) is 22.8 Å². The van der Waals surface area contributed by atoms with Crippen LogP contribution in [0.3, 0.4) is 0 Å². The van der Waals surface area contributed by atoms with E-state index in [1.807, 2.05) is 0 Å². The topological polar surface area (TPSA) is 30.7 Å². The number of aryl methyl sites for hydroxylation is 2. The van der Waals surface area contributed by atoms with E-state index in [2.05, 4.69) is 84.1 Å². The van der Waals surface area contributed by atoms with Crippen LogP contribution >= 0.6 is 0 Å². The fourth-order valence-electron chi connectivity index (χ4n) is 3.40. The molecule has 142 valence electrons. The fraction of sp³-hybridized carbons (Fsp3) is 0.417. The van der Waals surface area contributed by atoms with E-state index in [9.17, 15) is 0 Å². The van der Waals surface area contributed by atoms with Crippen LogP contribution in [-0.2, 0) is 6.54 Å². The zero-order chi connectivity index (χ0) is 19.1. The summed E-state index contributed by atoms with van der Waals surface area (Å²) in [5, 5.41) is 9.11. The van der Waals surface area contributed by atoms with Gasteiger partial charge in [0.1, 0.15) is 0 Å². The maximum atomic E-state index is 4.56. The maximum absolute atomic E-state index is 4.56. The predicted molar refractivity (Wildman–Crippen MR) is 114 cm³/mol. The summed E-state index contributed by atoms with van der Waals surface area (Å²) in [4.78, 5) is 0. The van der Waals surface area contributed by atoms with Crippen LogP contribution in [0.15, 0.2) is 48.5 Å². The van der Waals surface area contributed by atoms with Crippen LogP contribution in [0.2, 0.25) is 0 Å². The van der Waals surface area contributed by atoms with Crippen molar-refractivity contribution >= 4 is 0 Å². The van der Waals surface area contributed by atoms with Gasteiger partial charge >= 0.3 is 0 Å². The molecule has 0 aliphatic carbocycles. The van der Waals surface area contributed by atoms with Crippen molar-refractivity contribution in [1.29, 1.82) is 0 Å². The van der Waals surface area contributed by atoms with Crippen LogP contribution in [0, 0.1) is 13.8 Å². The molecule has 3 heteroatoms. The van der Waals surface area contributed by atoms with Crippen molar-refractivity contribution in [3.63, 3.8) is 0 Å². The minimum Gasteiger partial charge on any atom is -0.307 e. The molecule has 0 atom stereocenters. The van der Waals surface area contributed by atoms with Crippen LogP contribution in [0.4, 0.5) is 0 Å². The van der Waals surface area contributed by atoms with Gasteiger partial charge in [0.25, 0.3) is 0 Å². The van der Waals surface area contributed by atoms with Crippen molar-refractivity contribution in [2.45, 2.75) is 65.8 Å². The Kier molecular flexibility index (Phi) is 6.80. The molecule has 27 heavy (non-hydrogen) atoms. The fourth-order valence-corrected chi connectivity index (χ4v) is 3.40. The SMILES string of the molecule is CCCCCCCCn1c(-c2ccc(C)cc2)nnc1-c1ccc(C)cc1. The number of hydrogen-bond acceptors (Lipinski definition) is 2. The molecule has 3 aromatic rings. The molecule has 0 saturated heterocycles. The third-order valence-corrected chi connectivity index (χ3v) is 5.11. The highest BCUT2D eigenvalue weighted by Gasteiger charge is 2.15. The van der Waals surface area contributed by atoms with Gasteiger partial charge in [0, 0.05) is 17.7 Å². The molecular weight excluding hydrogens is 330 g/mol. The Balaban J connectivity index is 1.84. The van der Waals surface area contributed by atoms with Gasteiger partial charge in [-0.2, -0.15) is 0 Å². The average molecular weight is 362 g/mol. The molecule has 0 saturated carbocycles. The maximum Gasteiger partial charge on any atom is 0.164 e. The molecule has 2 aromatic carbocycles. The van der Waals surface area contributed by atoms with E-state index < -0.39 is 0 Å². The Morgan fingerprint density at radius 1 is 0.630 bits per heavy atom. The Morgan fingerprint density at radius 3 is 1.56 bits per heavy atom. The first-order chi connectivity index (χ1) is 13.2. The molecule has 0 fully saturated rings. The van der Waals surface area contributed by atoms with E-state index in [4.69, 9.17) is 0 Å². The molecule has 3 nitrogen and oxygen atoms in total. The van der Waals surface area contributed by atoms with E-state index in [0.29, 0.717) is 0 Å². The van der Waals surface area contributed by atoms with Gasteiger partial charge in [-0.25, -0.2) is 0 Å². The Hall–Kier alpha value is -2.42. The highest BCUT2D eigenvalue weighted by Crippen LogP contribution is 2.26. The number of benzene rings is 2. The molecule has 1 heterocycles. The molecule has 0 N–H and O–H groups in total. The quantitative estimate of drug-likeness (QED) is 0.402. The van der Waals surface area contributed by atoms with E-state index >= 15 is 0 Å². The monoisotopic (exact) mass is 361 g/mol. The summed E-state index contributed by atoms with van der Waals surface area (Å²) in [7, 11) is 0. The van der Waals surface area contributed by atoms with Crippen molar-refractivity contribution in [1.82, 2.24) is 14.8 Å². The van der Waals surface area contributed by atoms with Gasteiger partial charge in [-0.1, -0.05) is 98.7 Å². The summed E-state index contributed by atoms with van der Waals surface area (Å²) >= 11 is 0. The zero-order valence-corrected chi connectivity index (χ0v) is 16.9. The molecule has 0 aliphatic heterocycles. The standard InChI is InChI=1S/C24H31N3/c1-4-5-6-7-8-9-18-27-23(21-14-10-19(2)11-15-21)25-26-24(27)22-16-12-20(3)13-17-22/h10-17H,4-9,18H2,1-3H3. The second kappa shape index (κ2) is 9.50. The van der Waals surface area contributed by atoms with Gasteiger partial charge in [-0.3, -0.25) is 0 Å². The number of rotatable bonds is 9. The van der Waals surface area contributed by atoms with Crippen molar-refractivity contribution in [3.05, 3.63) is 59.7 Å². The zero-order valence-electron chi connectivity index (χ0n) is 16.9. The first-order valence-electron chi connectivity index (χ1n) is 10.3. The number of hydrogen-bond donors (Lipinski definition) is 0. The van der Waals surface area contributed by atoms with E-state index in [1.54, 1.807) is 0 Å². The molecule has 3 rings (SSSR count). The van der Waals surface area contributed by atoms with Crippen LogP contribution in [0.5, 0.6) is 0 Å². The lowest BCUT2D eigenvalue weighted by molar-refractivity contribution is 0.561. The summed E-state index contributed by atoms with van der Waals surface area (Å²) in [6.07, 6.45) is 7.72. The molecular formula is C24H31N3. The van der Waals surface area contributed by atoms with Gasteiger partial charge < -0.3 is 4.57 Å². The lowest BCUT2D eigenvalue weighted by Crippen LogP contribution is -2.03. The molecule has 0 aliphatic rings. The van der Waals surface area contributed by atoms with Crippen molar-refractivity contribution in [2.24, 2.45) is 0 Å². The van der Waals surface area contributed by atoms with Crippen LogP contribution in [-0.4, -0.2) is 14.8 Å². The first kappa shape index (κ1) is 19.3. The molecule has 0 amide bonds. The second-order valence-corrected chi connectivity index (χ2v) is 7.50. The van der Waals surface area contributed by atoms with Crippen LogP contribution < -0.4 is 0 Å². The summed E-state index contributed by atoms with van der Waals surface area (Å²) in [5.74, 6) is 1.94. The third-order valence-electron chi connectivity index (χ3n) is 5.11. The molecule has 0 bridgehead atoms. The van der Waals surface area contributed by atoms with Crippen molar-refractivity contribution in [2.75, 3.05) is 0 Å². The molecule has 0 radical (unpaired) electrons. The summed E-state index contributed by atoms with van der Waals surface area (Å²) in [6, 6.07) is 17.2. The van der Waals surface area contributed by atoms with E-state index in [1.165, 1.54) is 49.7 Å². The number of aromatic nitrogens is 3. The van der Waals surface area contributed by atoms with Gasteiger partial charge in [-0.15, -0.1) is 10.2 Å². The van der Waals surface area contributed by atoms with Gasteiger partial charge in [-0.05, 0) is 20.3 Å². The highest BCUT2D eigenvalue weighted by molar-refractivity contribution is 5.63. The summed E-state index contributed by atoms with van der Waals surface area (Å²) in [5.41, 5.74) is 4.80. The Bertz CT molecular complexity index is 766. The largest absolute Gasteiger partial charge is 0.307 e. The van der Waals surface area contributed by atoms with Crippen LogP contribution in [0.25, 0.3) is 22.8 Å². The van der Waals surface area contributed by atoms with Gasteiger partial charge in [0.15, 0.2) is 11.6 Å². The predicted octanol–water partition coefficient (Wildman–Crippen LogP) is 6.59. The number of unbranched alkanes of at least 4 members (excludes halogenated alkanes) is 5. The van der Waals surface area contributed by atoms with Gasteiger partial charge in [0.05, 0.1) is 0 Å². The normalized spacial score (nSPS) is 11.1. The Labute approximate surface area is 163 Å². The average Bonchev–Trinajstić information content (AvgIpc) is 3.09. The van der Waals surface area contributed by atoms with Gasteiger partial charge in [0.2, 0.25) is 0 Å². The summed E-state index contributed by atoms with van der Waals surface area (Å²) < 4.78 is 2.30. The molecule has 1 aromatic heterocycles. The van der Waals surface area contributed by atoms with E-state index in [-0.39, 0.29) is 0 Å². The molecule has 0 unspecified atom stereocenters. The Morgan fingerprint density at radius 2 is 1.07 bits per heavy atom. The minimum absolute atomic E-state index is 0.964.